The van der Waals surface area contributed by atoms with Gasteiger partial charge in [-0.15, -0.1) is 0 Å². The van der Waals surface area contributed by atoms with Crippen molar-refractivity contribution in [2.24, 2.45) is 16.7 Å². The number of hydrogen-bond donors (Lipinski definition) is 2. The molecule has 4 atom stereocenters. The van der Waals surface area contributed by atoms with Gasteiger partial charge in [0.05, 0.1) is 45.5 Å². The number of aromatic amines is 1. The SMILES string of the molecule is COC(=O)CCC1=C(CC(=O)O[C@@H]2C[C@H]3CC[C@]2(CS(=O)(=O)N(C2CCCCC2)C2CCCCC2)C3(C)C)[C@@](C)(Cc2[nH]c(C(=O)OCc3ccccc3)c(CC(=O)OC)c2CCC(=O)OC)NC1=O. The molecular formula is C53H73N3O13S. The molecule has 2 heterocycles. The summed E-state index contributed by atoms with van der Waals surface area (Å²) >= 11 is 0. The molecule has 2 aromatic rings. The molecule has 17 heteroatoms. The second-order valence-electron chi connectivity index (χ2n) is 21.0. The van der Waals surface area contributed by atoms with E-state index in [0.717, 1.165) is 76.2 Å². The molecule has 16 nitrogen and oxygen atoms in total. The topological polar surface area (TPSA) is 214 Å². The van der Waals surface area contributed by atoms with Crippen LogP contribution in [0.25, 0.3) is 0 Å². The van der Waals surface area contributed by atoms with Gasteiger partial charge >= 0.3 is 29.8 Å². The fraction of sp³-hybridized carbons (Fsp3) is 0.660. The summed E-state index contributed by atoms with van der Waals surface area (Å²) in [6, 6.07) is 8.99. The average molecular weight is 992 g/mol. The number of sulfonamides is 1. The number of rotatable bonds is 21. The molecule has 1 aromatic carbocycles. The standard InChI is InChI=1S/C53H73N3O13S/c1-51(2)35-26-27-53(51,33-70(63,64)56(36-18-12-8-13-19-36)37-20-14-9-15-21-37)43(28-35)69-47(60)30-41-39(23-25-45(58)66-5)49(61)55-52(41,3)31-42-38(22-24-44(57)65-4)40(29-46(59)67-6)48(54-42)50(62)68-32-34-16-10-7-11-17-34/h7,10-11,16-17,35-37,43,54H,8-9,12-15,18-33H2,1-6H3,(H,55,61)/t35-,43-,52-,53-/m1/s1. The fourth-order valence-electron chi connectivity index (χ4n) is 12.7. The first-order valence-corrected chi connectivity index (χ1v) is 26.9. The van der Waals surface area contributed by atoms with Crippen LogP contribution in [0.1, 0.15) is 163 Å². The molecule has 1 aliphatic heterocycles. The first-order valence-electron chi connectivity index (χ1n) is 25.3. The molecule has 0 radical (unpaired) electrons. The summed E-state index contributed by atoms with van der Waals surface area (Å²) in [6.07, 6.45) is 9.83. The second-order valence-corrected chi connectivity index (χ2v) is 22.9. The predicted molar refractivity (Wildman–Crippen MR) is 258 cm³/mol. The van der Waals surface area contributed by atoms with Crippen molar-refractivity contribution in [3.05, 3.63) is 69.6 Å². The van der Waals surface area contributed by atoms with E-state index in [4.69, 9.17) is 23.7 Å². The molecule has 4 aliphatic carbocycles. The van der Waals surface area contributed by atoms with Gasteiger partial charge in [-0.05, 0) is 98.3 Å². The van der Waals surface area contributed by atoms with Crippen molar-refractivity contribution in [1.82, 2.24) is 14.6 Å². The van der Waals surface area contributed by atoms with Crippen LogP contribution in [-0.2, 0) is 83.5 Å². The number of nitrogens with one attached hydrogen (secondary N) is 2. The van der Waals surface area contributed by atoms with Gasteiger partial charge in [0.15, 0.2) is 0 Å². The van der Waals surface area contributed by atoms with E-state index in [-0.39, 0.29) is 92.1 Å². The summed E-state index contributed by atoms with van der Waals surface area (Å²) in [5.41, 5.74) is -0.314. The van der Waals surface area contributed by atoms with Gasteiger partial charge in [-0.25, -0.2) is 13.2 Å². The van der Waals surface area contributed by atoms with Gasteiger partial charge in [0.25, 0.3) is 0 Å². The highest BCUT2D eigenvalue weighted by molar-refractivity contribution is 7.89. The number of ether oxygens (including phenoxy) is 5. The molecule has 4 saturated carbocycles. The Morgan fingerprint density at radius 1 is 0.743 bits per heavy atom. The Hall–Kier alpha value is -5.03. The van der Waals surface area contributed by atoms with Crippen molar-refractivity contribution in [2.45, 2.75) is 180 Å². The molecule has 384 valence electrons. The minimum absolute atomic E-state index is 0.0274. The number of aromatic nitrogens is 1. The van der Waals surface area contributed by atoms with Crippen LogP contribution in [0.5, 0.6) is 0 Å². The van der Waals surface area contributed by atoms with Crippen LogP contribution < -0.4 is 5.32 Å². The summed E-state index contributed by atoms with van der Waals surface area (Å²) in [4.78, 5) is 84.0. The van der Waals surface area contributed by atoms with Gasteiger partial charge in [-0.1, -0.05) is 82.7 Å². The lowest BCUT2D eigenvalue weighted by Crippen LogP contribution is -2.54. The Morgan fingerprint density at radius 3 is 1.93 bits per heavy atom. The smallest absolute Gasteiger partial charge is 0.355 e. The summed E-state index contributed by atoms with van der Waals surface area (Å²) in [5, 5.41) is 3.06. The van der Waals surface area contributed by atoms with E-state index in [1.54, 1.807) is 19.1 Å². The molecular weight excluding hydrogens is 919 g/mol. The van der Waals surface area contributed by atoms with Crippen LogP contribution in [0.15, 0.2) is 41.5 Å². The normalized spacial score (nSPS) is 24.6. The van der Waals surface area contributed by atoms with Crippen molar-refractivity contribution in [2.75, 3.05) is 27.1 Å². The van der Waals surface area contributed by atoms with E-state index < -0.39 is 68.2 Å². The number of benzene rings is 1. The van der Waals surface area contributed by atoms with Gasteiger partial charge in [0.1, 0.15) is 18.4 Å². The quantitative estimate of drug-likeness (QED) is 0.0930. The van der Waals surface area contributed by atoms with Crippen molar-refractivity contribution in [3.8, 4) is 0 Å². The van der Waals surface area contributed by atoms with E-state index in [2.05, 4.69) is 24.1 Å². The first kappa shape index (κ1) is 52.8. The predicted octanol–water partition coefficient (Wildman–Crippen LogP) is 7.30. The van der Waals surface area contributed by atoms with Crippen LogP contribution in [-0.4, -0.2) is 104 Å². The molecule has 0 spiro atoms. The molecule has 0 saturated heterocycles. The van der Waals surface area contributed by atoms with Crippen molar-refractivity contribution < 1.29 is 60.9 Å². The molecule has 1 aromatic heterocycles. The van der Waals surface area contributed by atoms with Crippen LogP contribution >= 0.6 is 0 Å². The highest BCUT2D eigenvalue weighted by atomic mass is 32.2. The lowest BCUT2D eigenvalue weighted by molar-refractivity contribution is -0.156. The molecule has 2 bridgehead atoms. The maximum absolute atomic E-state index is 15.1. The second kappa shape index (κ2) is 22.2. The summed E-state index contributed by atoms with van der Waals surface area (Å²) < 4.78 is 59.4. The fourth-order valence-corrected chi connectivity index (χ4v) is 15.6. The number of carbonyl (C=O) groups excluding carboxylic acids is 6. The minimum atomic E-state index is -3.81. The summed E-state index contributed by atoms with van der Waals surface area (Å²) in [5.74, 6) is -3.63. The molecule has 70 heavy (non-hydrogen) atoms. The molecule has 7 rings (SSSR count). The summed E-state index contributed by atoms with van der Waals surface area (Å²) in [6.45, 7) is 5.91. The lowest BCUT2D eigenvalue weighted by Gasteiger charge is -2.46. The Labute approximate surface area is 412 Å². The number of hydrogen-bond acceptors (Lipinski definition) is 13. The van der Waals surface area contributed by atoms with E-state index in [1.165, 1.54) is 21.3 Å². The average Bonchev–Trinajstić information content (AvgIpc) is 3.95. The van der Waals surface area contributed by atoms with Crippen LogP contribution in [0, 0.1) is 16.7 Å². The largest absolute Gasteiger partial charge is 0.469 e. The number of esters is 5. The molecule has 1 amide bonds. The molecule has 4 fully saturated rings. The van der Waals surface area contributed by atoms with E-state index >= 15 is 8.42 Å². The number of nitrogens with zero attached hydrogens (tertiary/aromatic N) is 1. The third-order valence-corrected chi connectivity index (χ3v) is 18.8. The van der Waals surface area contributed by atoms with Gasteiger partial charge in [-0.3, -0.25) is 24.0 Å². The van der Waals surface area contributed by atoms with Crippen LogP contribution in [0.4, 0.5) is 0 Å². The third kappa shape index (κ3) is 11.2. The van der Waals surface area contributed by atoms with Gasteiger partial charge in [0, 0.05) is 48.0 Å². The van der Waals surface area contributed by atoms with E-state index in [9.17, 15) is 28.8 Å². The van der Waals surface area contributed by atoms with Crippen molar-refractivity contribution in [1.29, 1.82) is 0 Å². The zero-order valence-electron chi connectivity index (χ0n) is 41.9. The maximum Gasteiger partial charge on any atom is 0.355 e. The maximum atomic E-state index is 15.1. The Bertz CT molecular complexity index is 2400. The number of amides is 1. The first-order chi connectivity index (χ1) is 33.4. The molecule has 0 unspecified atom stereocenters. The highest BCUT2D eigenvalue weighted by Gasteiger charge is 2.67. The molecule has 2 N–H and O–H groups in total. The van der Waals surface area contributed by atoms with Gasteiger partial charge in [0.2, 0.25) is 15.9 Å². The van der Waals surface area contributed by atoms with E-state index in [1.807, 2.05) is 22.5 Å². The number of methoxy groups -OCH3 is 3. The Balaban J connectivity index is 1.21. The number of H-pyrrole nitrogens is 1. The molecule has 5 aliphatic rings. The summed E-state index contributed by atoms with van der Waals surface area (Å²) in [7, 11) is -0.0819. The third-order valence-electron chi connectivity index (χ3n) is 16.7. The monoisotopic (exact) mass is 991 g/mol. The highest BCUT2D eigenvalue weighted by Crippen LogP contribution is 2.67. The van der Waals surface area contributed by atoms with Gasteiger partial charge in [-0.2, -0.15) is 4.31 Å². The number of carbonyl (C=O) groups is 6. The Kier molecular flexibility index (Phi) is 16.7. The lowest BCUT2D eigenvalue weighted by atomic mass is 9.69. The van der Waals surface area contributed by atoms with Crippen molar-refractivity contribution >= 4 is 45.8 Å². The van der Waals surface area contributed by atoms with E-state index in [0.29, 0.717) is 29.7 Å². The van der Waals surface area contributed by atoms with Crippen molar-refractivity contribution in [3.63, 3.8) is 0 Å². The Morgan fingerprint density at radius 2 is 1.34 bits per heavy atom. The van der Waals surface area contributed by atoms with Crippen LogP contribution in [0.3, 0.4) is 0 Å². The van der Waals surface area contributed by atoms with Gasteiger partial charge < -0.3 is 34.0 Å². The zero-order chi connectivity index (χ0) is 50.4. The van der Waals surface area contributed by atoms with Crippen LogP contribution in [0.2, 0.25) is 0 Å². The minimum Gasteiger partial charge on any atom is -0.469 e. The zero-order valence-corrected chi connectivity index (χ0v) is 42.7. The number of fused-ring (bicyclic) bond motifs is 2.